The molecule has 24 heavy (non-hydrogen) atoms. The molecule has 0 fully saturated rings. The molecule has 0 aliphatic carbocycles. The van der Waals surface area contributed by atoms with Gasteiger partial charge in [-0.2, -0.15) is 0 Å². The Hall–Kier alpha value is 2.20. The molecule has 0 bridgehead atoms. The molecule has 0 spiro atoms. The SMILES string of the molecule is C.C#CC.CC.CC#CC.S=S.S=S=S=S=S=S=S=S=S=S=S=S. The van der Waals surface area contributed by atoms with E-state index in [2.05, 4.69) is 68.9 Å². The molecule has 0 radical (unpaired) electrons. The summed E-state index contributed by atoms with van der Waals surface area (Å²) in [6, 6.07) is 0. The highest BCUT2D eigenvalue weighted by Gasteiger charge is 1.38. The fraction of sp³-hybridized carbons (Fsp3) is 0.600. The van der Waals surface area contributed by atoms with E-state index in [1.807, 2.05) is 27.7 Å². The maximum Gasteiger partial charge on any atom is 0 e. The van der Waals surface area contributed by atoms with Gasteiger partial charge in [0, 0.05) is 134 Å². The molecule has 0 rings (SSSR count). The Labute approximate surface area is 196 Å². The predicted octanol–water partition coefficient (Wildman–Crippen LogP) is 3.30. The predicted molar refractivity (Wildman–Crippen MR) is 155 cm³/mol. The van der Waals surface area contributed by atoms with Crippen LogP contribution >= 0.6 is 0 Å². The molecule has 0 saturated heterocycles. The van der Waals surface area contributed by atoms with Crippen LogP contribution in [0.15, 0.2) is 0 Å². The highest BCUT2D eigenvalue weighted by Crippen LogP contribution is 1.39. The van der Waals surface area contributed by atoms with Crippen LogP contribution in [0, 0.1) is 24.2 Å². The fourth-order valence-corrected chi connectivity index (χ4v) is 22.0. The summed E-state index contributed by atoms with van der Waals surface area (Å²) in [6.45, 7) is 9.29. The Kier molecular flexibility index (Phi) is 109. The molecule has 0 aliphatic heterocycles. The van der Waals surface area contributed by atoms with Gasteiger partial charge in [-0.3, -0.25) is 0 Å². The second-order valence-electron chi connectivity index (χ2n) is 1.47. The molecule has 0 amide bonds. The quantitative estimate of drug-likeness (QED) is 0.398. The van der Waals surface area contributed by atoms with E-state index < -0.39 is 0 Å². The molecule has 0 aromatic heterocycles. The second kappa shape index (κ2) is 63.9. The van der Waals surface area contributed by atoms with E-state index in [1.165, 1.54) is 17.8 Å². The summed E-state index contributed by atoms with van der Waals surface area (Å²) in [5.74, 6) is 7.61. The zero-order valence-electron chi connectivity index (χ0n) is 12.8. The van der Waals surface area contributed by atoms with Crippen LogP contribution < -0.4 is 0 Å². The van der Waals surface area contributed by atoms with Crippen molar-refractivity contribution in [2.75, 3.05) is 0 Å². The van der Waals surface area contributed by atoms with Crippen LogP contribution in [0.1, 0.15) is 42.0 Å². The van der Waals surface area contributed by atoms with Gasteiger partial charge in [0.25, 0.3) is 0 Å². The molecule has 0 saturated carbocycles. The fourth-order valence-electron chi connectivity index (χ4n) is 0.0907. The van der Waals surface area contributed by atoms with E-state index in [0.717, 1.165) is 0 Å². The maximum absolute atomic E-state index is 4.69. The van der Waals surface area contributed by atoms with Crippen LogP contribution in [0.4, 0.5) is 0 Å². The monoisotopic (exact) mass is 588 g/mol. The maximum atomic E-state index is 4.69. The minimum absolute atomic E-state index is 0. The summed E-state index contributed by atoms with van der Waals surface area (Å²) in [5, 5.41) is 0. The highest BCUT2D eigenvalue weighted by atomic mass is 33.4. The zero-order chi connectivity index (χ0) is 19.2. The Morgan fingerprint density at radius 2 is 0.792 bits per heavy atom. The number of terminal acetylenes is 1. The highest BCUT2D eigenvalue weighted by molar-refractivity contribution is 8.75. The summed E-state index contributed by atoms with van der Waals surface area (Å²) in [5.41, 5.74) is 0. The Morgan fingerprint density at radius 1 is 0.625 bits per heavy atom. The van der Waals surface area contributed by atoms with Crippen molar-refractivity contribution in [3.05, 3.63) is 0 Å². The smallest absolute Gasteiger partial charge is 0 e. The van der Waals surface area contributed by atoms with Crippen molar-refractivity contribution in [1.29, 1.82) is 0 Å². The summed E-state index contributed by atoms with van der Waals surface area (Å²) in [6.07, 6.45) is 4.60. The van der Waals surface area contributed by atoms with E-state index in [-0.39, 0.29) is 7.43 Å². The topological polar surface area (TPSA) is 0 Å². The van der Waals surface area contributed by atoms with Gasteiger partial charge in [-0.05, 0) is 20.8 Å². The first kappa shape index (κ1) is 40.8. The molecule has 0 N–H and O–H groups in total. The molecule has 0 nitrogen and oxygen atoms in total. The molecule has 14 heteroatoms. The zero-order valence-corrected chi connectivity index (χ0v) is 24.2. The Bertz CT molecular complexity index is 677. The van der Waals surface area contributed by atoms with Gasteiger partial charge in [0.05, 0.1) is 0 Å². The largest absolute Gasteiger partial charge is 0.120 e. The van der Waals surface area contributed by atoms with Gasteiger partial charge in [0.15, 0.2) is 0 Å². The molecule has 0 heterocycles. The lowest BCUT2D eigenvalue weighted by Gasteiger charge is -1.40. The molecular formula is C10H20S14. The number of hydrogen-bond donors (Lipinski definition) is 0. The third kappa shape index (κ3) is 87.5. The minimum Gasteiger partial charge on any atom is -0.120 e. The van der Waals surface area contributed by atoms with Gasteiger partial charge in [0.2, 0.25) is 0 Å². The van der Waals surface area contributed by atoms with Gasteiger partial charge < -0.3 is 0 Å². The Morgan fingerprint density at radius 3 is 0.917 bits per heavy atom. The first-order valence-electron chi connectivity index (χ1n) is 5.04. The van der Waals surface area contributed by atoms with Gasteiger partial charge in [-0.25, -0.2) is 0 Å². The molecule has 0 aliphatic rings. The first-order valence-corrected chi connectivity index (χ1v) is 21.0. The summed E-state index contributed by atoms with van der Waals surface area (Å²) >= 11 is 16.7. The van der Waals surface area contributed by atoms with Crippen LogP contribution in [0.25, 0.3) is 0 Å². The third-order valence-corrected chi connectivity index (χ3v) is 20.5. The summed E-state index contributed by atoms with van der Waals surface area (Å²) in [4.78, 5) is 0. The first-order chi connectivity index (χ1) is 11.2. The van der Waals surface area contributed by atoms with E-state index in [9.17, 15) is 0 Å². The molecule has 144 valence electrons. The van der Waals surface area contributed by atoms with Crippen molar-refractivity contribution >= 4 is 134 Å². The van der Waals surface area contributed by atoms with Gasteiger partial charge in [-0.1, -0.05) is 21.3 Å². The van der Waals surface area contributed by atoms with Crippen molar-refractivity contribution in [3.8, 4) is 24.2 Å². The van der Waals surface area contributed by atoms with Crippen molar-refractivity contribution in [2.45, 2.75) is 42.0 Å². The van der Waals surface area contributed by atoms with E-state index in [0.29, 0.717) is 0 Å². The van der Waals surface area contributed by atoms with E-state index in [4.69, 9.17) is 0 Å². The average molecular weight is 589 g/mol. The van der Waals surface area contributed by atoms with Crippen molar-refractivity contribution in [1.82, 2.24) is 0 Å². The molecule has 0 aromatic rings. The standard InChI is InChI=1S/C4H6.C3H4.C2H6.CH4.S12.S2/c1-3-4-2;1-3-2;1-2;;1-3-5-7-9-11-12-10-8-6-4-2;1-2/h1-2H3;1H,2H3;1-2H3;1H4;;. The lowest BCUT2D eigenvalue weighted by Crippen LogP contribution is -1.37. The second-order valence-corrected chi connectivity index (χ2v) is 19.2. The minimum atomic E-state index is 0. The van der Waals surface area contributed by atoms with Crippen LogP contribution in [0.2, 0.25) is 0 Å². The lowest BCUT2D eigenvalue weighted by atomic mass is 10.7. The summed E-state index contributed by atoms with van der Waals surface area (Å²) < 4.78 is 0. The van der Waals surface area contributed by atoms with Crippen LogP contribution in [-0.4, -0.2) is 0 Å². The molecule has 0 unspecified atom stereocenters. The van der Waals surface area contributed by atoms with Crippen LogP contribution in [-0.2, 0) is 134 Å². The van der Waals surface area contributed by atoms with Crippen molar-refractivity contribution < 1.29 is 0 Å². The average Bonchev–Trinajstić information content (AvgIpc) is 2.62. The van der Waals surface area contributed by atoms with E-state index in [1.54, 1.807) is 78.0 Å². The van der Waals surface area contributed by atoms with Crippen LogP contribution in [0.5, 0.6) is 0 Å². The molecular weight excluding hydrogens is 569 g/mol. The molecule has 0 aromatic carbocycles. The Balaban J connectivity index is -0.0000000564. The van der Waals surface area contributed by atoms with Crippen molar-refractivity contribution in [2.24, 2.45) is 0 Å². The van der Waals surface area contributed by atoms with Gasteiger partial charge >= 0.3 is 0 Å². The number of rotatable bonds is 0. The summed E-state index contributed by atoms with van der Waals surface area (Å²) in [7, 11) is 16.3. The molecule has 0 atom stereocenters. The normalized spacial score (nSPS) is 4.83. The van der Waals surface area contributed by atoms with Crippen molar-refractivity contribution in [3.63, 3.8) is 0 Å². The lowest BCUT2D eigenvalue weighted by molar-refractivity contribution is 1.50. The van der Waals surface area contributed by atoms with Gasteiger partial charge in [0.1, 0.15) is 0 Å². The van der Waals surface area contributed by atoms with Crippen LogP contribution in [0.3, 0.4) is 0 Å². The van der Waals surface area contributed by atoms with E-state index >= 15 is 0 Å². The van der Waals surface area contributed by atoms with Gasteiger partial charge in [-0.15, -0.1) is 24.2 Å². The number of hydrogen-bond acceptors (Lipinski definition) is 4. The third-order valence-electron chi connectivity index (χ3n) is 0.500.